The number of hydrogen-bond acceptors (Lipinski definition) is 4. The highest BCUT2D eigenvalue weighted by molar-refractivity contribution is 6.07. The number of nitrogens with zero attached hydrogens (tertiary/aromatic N) is 3. The summed E-state index contributed by atoms with van der Waals surface area (Å²) in [6, 6.07) is 12.4. The fraction of sp³-hybridized carbons (Fsp3) is 0.227. The lowest BCUT2D eigenvalue weighted by Crippen LogP contribution is -2.48. The van der Waals surface area contributed by atoms with Crippen LogP contribution in [0.4, 0.5) is 4.39 Å². The van der Waals surface area contributed by atoms with E-state index >= 15 is 0 Å². The predicted octanol–water partition coefficient (Wildman–Crippen LogP) is 2.26. The maximum absolute atomic E-state index is 14.4. The van der Waals surface area contributed by atoms with Crippen LogP contribution in [0.2, 0.25) is 0 Å². The molecule has 1 N–H and O–H groups in total. The molecule has 0 saturated carbocycles. The molecule has 2 aromatic rings. The fourth-order valence-corrected chi connectivity index (χ4v) is 3.63. The third-order valence-electron chi connectivity index (χ3n) is 5.27. The minimum absolute atomic E-state index is 0.0455. The summed E-state index contributed by atoms with van der Waals surface area (Å²) in [6.45, 7) is 5.67. The zero-order chi connectivity index (χ0) is 20.4. The summed E-state index contributed by atoms with van der Waals surface area (Å²) in [5, 5.41) is 4.39. The van der Waals surface area contributed by atoms with Crippen LogP contribution in [-0.4, -0.2) is 54.0 Å². The lowest BCUT2D eigenvalue weighted by Gasteiger charge is -2.32. The van der Waals surface area contributed by atoms with Crippen molar-refractivity contribution in [3.8, 4) is 0 Å². The number of rotatable bonds is 4. The molecule has 0 atom stereocenters. The van der Waals surface area contributed by atoms with E-state index in [1.807, 2.05) is 24.3 Å². The minimum Gasteiger partial charge on any atom is -0.342 e. The summed E-state index contributed by atoms with van der Waals surface area (Å²) in [6.07, 6.45) is 1.23. The van der Waals surface area contributed by atoms with E-state index in [9.17, 15) is 14.0 Å². The number of carbonyl (C=O) groups is 2. The lowest BCUT2D eigenvalue weighted by atomic mass is 9.94. The molecule has 0 spiro atoms. The van der Waals surface area contributed by atoms with Crippen molar-refractivity contribution < 1.29 is 14.0 Å². The quantitative estimate of drug-likeness (QED) is 0.812. The van der Waals surface area contributed by atoms with E-state index in [1.54, 1.807) is 21.9 Å². The molecule has 0 unspecified atom stereocenters. The first-order chi connectivity index (χ1) is 14.1. The molecule has 2 aromatic carbocycles. The van der Waals surface area contributed by atoms with Crippen LogP contribution in [0.1, 0.15) is 27.0 Å². The van der Waals surface area contributed by atoms with Gasteiger partial charge in [-0.3, -0.25) is 15.0 Å². The van der Waals surface area contributed by atoms with Gasteiger partial charge in [0.2, 0.25) is 6.41 Å². The van der Waals surface area contributed by atoms with E-state index in [-0.39, 0.29) is 11.5 Å². The summed E-state index contributed by atoms with van der Waals surface area (Å²) in [5.41, 5.74) is 7.25. The molecule has 29 heavy (non-hydrogen) atoms. The molecule has 7 heteroatoms. The van der Waals surface area contributed by atoms with Crippen LogP contribution in [0.3, 0.4) is 0 Å². The van der Waals surface area contributed by atoms with Crippen molar-refractivity contribution in [2.45, 2.75) is 6.42 Å². The van der Waals surface area contributed by atoms with Gasteiger partial charge in [-0.2, -0.15) is 5.10 Å². The van der Waals surface area contributed by atoms with E-state index in [4.69, 9.17) is 0 Å². The molecule has 2 aliphatic rings. The monoisotopic (exact) mass is 392 g/mol. The normalized spacial score (nSPS) is 16.0. The number of piperazine rings is 1. The number of hydrazone groups is 1. The van der Waals surface area contributed by atoms with E-state index in [2.05, 4.69) is 17.1 Å². The van der Waals surface area contributed by atoms with Gasteiger partial charge in [0.25, 0.3) is 5.91 Å². The van der Waals surface area contributed by atoms with E-state index < -0.39 is 5.82 Å². The average Bonchev–Trinajstić information content (AvgIpc) is 2.77. The molecule has 2 amide bonds. The van der Waals surface area contributed by atoms with Crippen molar-refractivity contribution in [2.24, 2.45) is 5.10 Å². The average molecular weight is 392 g/mol. The van der Waals surface area contributed by atoms with Gasteiger partial charge >= 0.3 is 0 Å². The Kier molecular flexibility index (Phi) is 5.12. The van der Waals surface area contributed by atoms with Crippen molar-refractivity contribution in [1.29, 1.82) is 0 Å². The Morgan fingerprint density at radius 2 is 1.86 bits per heavy atom. The molecule has 0 aromatic heterocycles. The topological polar surface area (TPSA) is 65.0 Å². The maximum atomic E-state index is 14.4. The van der Waals surface area contributed by atoms with Crippen LogP contribution in [0.5, 0.6) is 0 Å². The predicted molar refractivity (Wildman–Crippen MR) is 109 cm³/mol. The van der Waals surface area contributed by atoms with Gasteiger partial charge in [0, 0.05) is 43.7 Å². The smallest absolute Gasteiger partial charge is 0.256 e. The third-order valence-corrected chi connectivity index (χ3v) is 5.27. The fourth-order valence-electron chi connectivity index (χ4n) is 3.63. The van der Waals surface area contributed by atoms with Crippen LogP contribution in [0.25, 0.3) is 5.70 Å². The molecule has 4 rings (SSSR count). The number of halogens is 1. The van der Waals surface area contributed by atoms with Gasteiger partial charge in [0.15, 0.2) is 0 Å². The standard InChI is InChI=1S/C22H21FN4O2/c1-15-17-4-2-3-5-18(17)21(25-24-15)13-16-6-7-20(23)19(12-16)22(29)27-10-8-26(14-28)9-11-27/h2-7,12,14,24H,1,8-11,13H2. The Hall–Kier alpha value is -3.48. The molecular formula is C22H21FN4O2. The maximum Gasteiger partial charge on any atom is 0.256 e. The number of benzene rings is 2. The molecule has 2 aliphatic heterocycles. The van der Waals surface area contributed by atoms with E-state index in [1.165, 1.54) is 6.07 Å². The Labute approximate surface area is 168 Å². The van der Waals surface area contributed by atoms with E-state index in [0.717, 1.165) is 34.5 Å². The van der Waals surface area contributed by atoms with Gasteiger partial charge < -0.3 is 9.80 Å². The third kappa shape index (κ3) is 3.76. The van der Waals surface area contributed by atoms with Crippen molar-refractivity contribution in [2.75, 3.05) is 26.2 Å². The zero-order valence-electron chi connectivity index (χ0n) is 15.9. The molecule has 1 fully saturated rings. The number of hydrogen-bond donors (Lipinski definition) is 1. The molecule has 0 bridgehead atoms. The molecule has 1 saturated heterocycles. The first kappa shape index (κ1) is 18.9. The highest BCUT2D eigenvalue weighted by atomic mass is 19.1. The highest BCUT2D eigenvalue weighted by Crippen LogP contribution is 2.23. The summed E-state index contributed by atoms with van der Waals surface area (Å²) in [4.78, 5) is 26.9. The summed E-state index contributed by atoms with van der Waals surface area (Å²) in [5.74, 6) is -0.901. The van der Waals surface area contributed by atoms with Crippen molar-refractivity contribution >= 4 is 23.7 Å². The van der Waals surface area contributed by atoms with Crippen LogP contribution < -0.4 is 5.43 Å². The second-order valence-electron chi connectivity index (χ2n) is 7.12. The summed E-state index contributed by atoms with van der Waals surface area (Å²) in [7, 11) is 0. The Morgan fingerprint density at radius 1 is 1.14 bits per heavy atom. The largest absolute Gasteiger partial charge is 0.342 e. The van der Waals surface area contributed by atoms with Crippen LogP contribution >= 0.6 is 0 Å². The lowest BCUT2D eigenvalue weighted by molar-refractivity contribution is -0.119. The van der Waals surface area contributed by atoms with Crippen molar-refractivity contribution in [3.05, 3.63) is 77.1 Å². The number of fused-ring (bicyclic) bond motifs is 1. The van der Waals surface area contributed by atoms with Gasteiger partial charge in [-0.15, -0.1) is 0 Å². The minimum atomic E-state index is -0.547. The van der Waals surface area contributed by atoms with Gasteiger partial charge in [-0.25, -0.2) is 4.39 Å². The second kappa shape index (κ2) is 7.87. The van der Waals surface area contributed by atoms with Gasteiger partial charge in [0.05, 0.1) is 17.0 Å². The summed E-state index contributed by atoms with van der Waals surface area (Å²) >= 11 is 0. The number of amides is 2. The van der Waals surface area contributed by atoms with Crippen LogP contribution in [-0.2, 0) is 11.2 Å². The van der Waals surface area contributed by atoms with Crippen LogP contribution in [0, 0.1) is 5.82 Å². The number of nitrogens with one attached hydrogen (secondary N) is 1. The molecule has 6 nitrogen and oxygen atoms in total. The first-order valence-corrected chi connectivity index (χ1v) is 9.45. The first-order valence-electron chi connectivity index (χ1n) is 9.45. The molecule has 0 radical (unpaired) electrons. The van der Waals surface area contributed by atoms with Gasteiger partial charge in [-0.05, 0) is 17.7 Å². The van der Waals surface area contributed by atoms with Crippen molar-refractivity contribution in [1.82, 2.24) is 15.2 Å². The Balaban J connectivity index is 1.56. The second-order valence-corrected chi connectivity index (χ2v) is 7.12. The molecular weight excluding hydrogens is 371 g/mol. The molecule has 0 aliphatic carbocycles. The summed E-state index contributed by atoms with van der Waals surface area (Å²) < 4.78 is 14.4. The van der Waals surface area contributed by atoms with E-state index in [0.29, 0.717) is 32.6 Å². The number of carbonyl (C=O) groups excluding carboxylic acids is 2. The van der Waals surface area contributed by atoms with Crippen LogP contribution in [0.15, 0.2) is 54.1 Å². The molecule has 148 valence electrons. The Bertz CT molecular complexity index is 1010. The SMILES string of the molecule is C=C1NN=C(Cc2ccc(F)c(C(=O)N3CCN(C=O)CC3)c2)c2ccccc21. The zero-order valence-corrected chi connectivity index (χ0v) is 15.9. The van der Waals surface area contributed by atoms with Gasteiger partial charge in [-0.1, -0.05) is 36.9 Å². The molecule has 2 heterocycles. The highest BCUT2D eigenvalue weighted by Gasteiger charge is 2.24. The van der Waals surface area contributed by atoms with Crippen molar-refractivity contribution in [3.63, 3.8) is 0 Å². The Morgan fingerprint density at radius 3 is 2.59 bits per heavy atom. The van der Waals surface area contributed by atoms with Gasteiger partial charge in [0.1, 0.15) is 5.82 Å².